The van der Waals surface area contributed by atoms with E-state index >= 15 is 0 Å². The van der Waals surface area contributed by atoms with E-state index in [0.717, 1.165) is 25.7 Å². The van der Waals surface area contributed by atoms with Crippen molar-refractivity contribution in [1.82, 2.24) is 0 Å². The van der Waals surface area contributed by atoms with E-state index in [9.17, 15) is 4.79 Å². The first-order chi connectivity index (χ1) is 4.72. The topological polar surface area (TPSA) is 37.3 Å². The minimum Gasteiger partial charge on any atom is -1.00 e. The van der Waals surface area contributed by atoms with Gasteiger partial charge in [0.1, 0.15) is 0 Å². The van der Waals surface area contributed by atoms with Crippen molar-refractivity contribution in [2.45, 2.75) is 39.5 Å². The van der Waals surface area contributed by atoms with Gasteiger partial charge in [-0.2, -0.15) is 0 Å². The van der Waals surface area contributed by atoms with E-state index in [1.165, 1.54) is 0 Å². The molecule has 3 heteroatoms. The third kappa shape index (κ3) is 6.85. The first-order valence-electron chi connectivity index (χ1n) is 3.95. The Hall–Kier alpha value is 0.470. The van der Waals surface area contributed by atoms with Gasteiger partial charge in [-0.25, -0.2) is 0 Å². The van der Waals surface area contributed by atoms with Crippen molar-refractivity contribution in [2.24, 2.45) is 5.92 Å². The zero-order valence-electron chi connectivity index (χ0n) is 8.76. The molecule has 1 atom stereocenters. The molecule has 0 radical (unpaired) electrons. The molecule has 0 spiro atoms. The first-order valence-corrected chi connectivity index (χ1v) is 3.95. The molecule has 0 aliphatic heterocycles. The van der Waals surface area contributed by atoms with Crippen molar-refractivity contribution >= 4 is 5.97 Å². The Labute approximate surface area is 92.1 Å². The molecule has 0 saturated heterocycles. The van der Waals surface area contributed by atoms with Gasteiger partial charge < -0.3 is 6.53 Å². The molecule has 0 aromatic heterocycles. The standard InChI is InChI=1S/C8H16O2.Na.H/c1-3-5-6-7(4-2)8(9)10;;/h7H,3-6H2,1-2H3,(H,9,10);;/q;+1;-1. The molecule has 0 aromatic carbocycles. The molecule has 0 bridgehead atoms. The summed E-state index contributed by atoms with van der Waals surface area (Å²) in [6.45, 7) is 4.00. The molecule has 0 amide bonds. The molecule has 11 heavy (non-hydrogen) atoms. The van der Waals surface area contributed by atoms with Crippen LogP contribution in [0.25, 0.3) is 0 Å². The molecule has 0 aliphatic rings. The Morgan fingerprint density at radius 1 is 1.55 bits per heavy atom. The summed E-state index contributed by atoms with van der Waals surface area (Å²) < 4.78 is 0. The van der Waals surface area contributed by atoms with Crippen LogP contribution in [0.2, 0.25) is 0 Å². The quantitative estimate of drug-likeness (QED) is 0.557. The maximum absolute atomic E-state index is 10.4. The van der Waals surface area contributed by atoms with Gasteiger partial charge in [-0.1, -0.05) is 26.7 Å². The molecule has 0 aromatic rings. The molecule has 0 fully saturated rings. The van der Waals surface area contributed by atoms with Crippen LogP contribution in [-0.2, 0) is 4.79 Å². The van der Waals surface area contributed by atoms with Gasteiger partial charge in [-0.05, 0) is 12.8 Å². The zero-order valence-corrected chi connectivity index (χ0v) is 9.76. The van der Waals surface area contributed by atoms with Crippen LogP contribution < -0.4 is 29.6 Å². The zero-order chi connectivity index (χ0) is 7.98. The molecule has 0 rings (SSSR count). The molecular formula is C8H17NaO2. The Bertz CT molecular complexity index is 109. The van der Waals surface area contributed by atoms with Crippen LogP contribution in [0.15, 0.2) is 0 Å². The molecule has 2 nitrogen and oxygen atoms in total. The molecule has 62 valence electrons. The third-order valence-electron chi connectivity index (χ3n) is 1.75. The van der Waals surface area contributed by atoms with Gasteiger partial charge in [0.05, 0.1) is 5.92 Å². The molecule has 0 aliphatic carbocycles. The van der Waals surface area contributed by atoms with Gasteiger partial charge in [0, 0.05) is 0 Å². The molecular weight excluding hydrogens is 151 g/mol. The van der Waals surface area contributed by atoms with E-state index in [1.54, 1.807) is 0 Å². The average molecular weight is 168 g/mol. The summed E-state index contributed by atoms with van der Waals surface area (Å²) in [5, 5.41) is 8.60. The van der Waals surface area contributed by atoms with Crippen LogP contribution >= 0.6 is 0 Å². The second-order valence-corrected chi connectivity index (χ2v) is 2.59. The van der Waals surface area contributed by atoms with Crippen LogP contribution in [0, 0.1) is 5.92 Å². The number of hydrogen-bond acceptors (Lipinski definition) is 1. The van der Waals surface area contributed by atoms with Crippen LogP contribution in [0.1, 0.15) is 41.0 Å². The normalized spacial score (nSPS) is 11.8. The number of hydrogen-bond donors (Lipinski definition) is 1. The Kier molecular flexibility index (Phi) is 10.9. The van der Waals surface area contributed by atoms with E-state index in [4.69, 9.17) is 5.11 Å². The number of rotatable bonds is 5. The van der Waals surface area contributed by atoms with E-state index < -0.39 is 5.97 Å². The van der Waals surface area contributed by atoms with Crippen LogP contribution in [-0.4, -0.2) is 11.1 Å². The van der Waals surface area contributed by atoms with Crippen molar-refractivity contribution in [3.63, 3.8) is 0 Å². The van der Waals surface area contributed by atoms with E-state index in [1.807, 2.05) is 6.92 Å². The summed E-state index contributed by atoms with van der Waals surface area (Å²) in [4.78, 5) is 10.4. The van der Waals surface area contributed by atoms with E-state index in [-0.39, 0.29) is 36.9 Å². The summed E-state index contributed by atoms with van der Waals surface area (Å²) in [6, 6.07) is 0. The van der Waals surface area contributed by atoms with Crippen LogP contribution in [0.4, 0.5) is 0 Å². The van der Waals surface area contributed by atoms with Gasteiger partial charge in [0.25, 0.3) is 0 Å². The van der Waals surface area contributed by atoms with Gasteiger partial charge in [0.2, 0.25) is 0 Å². The van der Waals surface area contributed by atoms with Gasteiger partial charge in [0.15, 0.2) is 0 Å². The maximum Gasteiger partial charge on any atom is 1.00 e. The van der Waals surface area contributed by atoms with Crippen LogP contribution in [0.5, 0.6) is 0 Å². The molecule has 0 saturated carbocycles. The summed E-state index contributed by atoms with van der Waals surface area (Å²) in [5.74, 6) is -0.754. The monoisotopic (exact) mass is 168 g/mol. The minimum absolute atomic E-state index is 0. The largest absolute Gasteiger partial charge is 1.00 e. The fraction of sp³-hybridized carbons (Fsp3) is 0.875. The molecule has 1 N–H and O–H groups in total. The number of carboxylic acids is 1. The van der Waals surface area contributed by atoms with Crippen molar-refractivity contribution in [2.75, 3.05) is 0 Å². The number of unbranched alkanes of at least 4 members (excludes halogenated alkanes) is 1. The summed E-state index contributed by atoms with van der Waals surface area (Å²) in [5.41, 5.74) is 0. The molecule has 1 unspecified atom stereocenters. The summed E-state index contributed by atoms with van der Waals surface area (Å²) in [6.07, 6.45) is 3.71. The van der Waals surface area contributed by atoms with Crippen molar-refractivity contribution in [1.29, 1.82) is 0 Å². The summed E-state index contributed by atoms with van der Waals surface area (Å²) >= 11 is 0. The first kappa shape index (κ1) is 14.0. The van der Waals surface area contributed by atoms with Gasteiger partial charge in [-0.15, -0.1) is 0 Å². The van der Waals surface area contributed by atoms with Crippen LogP contribution in [0.3, 0.4) is 0 Å². The molecule has 0 heterocycles. The predicted octanol–water partition coefficient (Wildman–Crippen LogP) is -0.596. The van der Waals surface area contributed by atoms with E-state index in [2.05, 4.69) is 6.92 Å². The van der Waals surface area contributed by atoms with Crippen molar-refractivity contribution in [3.05, 3.63) is 0 Å². The number of carboxylic acid groups (broad SMARTS) is 1. The third-order valence-corrected chi connectivity index (χ3v) is 1.75. The second kappa shape index (κ2) is 8.57. The Morgan fingerprint density at radius 2 is 2.09 bits per heavy atom. The Balaban J connectivity index is -0.000000405. The predicted molar refractivity (Wildman–Crippen MR) is 42.1 cm³/mol. The SMILES string of the molecule is CCCCC(CC)C(=O)O.[H-].[Na+]. The number of carbonyl (C=O) groups is 1. The van der Waals surface area contributed by atoms with E-state index in [0.29, 0.717) is 0 Å². The fourth-order valence-electron chi connectivity index (χ4n) is 0.953. The average Bonchev–Trinajstić information content (AvgIpc) is 1.89. The van der Waals surface area contributed by atoms with Gasteiger partial charge in [-0.3, -0.25) is 4.79 Å². The van der Waals surface area contributed by atoms with Crippen molar-refractivity contribution < 1.29 is 40.9 Å². The smallest absolute Gasteiger partial charge is 1.00 e. The maximum atomic E-state index is 10.4. The Morgan fingerprint density at radius 3 is 2.36 bits per heavy atom. The minimum atomic E-state index is -0.643. The summed E-state index contributed by atoms with van der Waals surface area (Å²) in [7, 11) is 0. The number of aliphatic carboxylic acids is 1. The van der Waals surface area contributed by atoms with Crippen molar-refractivity contribution in [3.8, 4) is 0 Å². The second-order valence-electron chi connectivity index (χ2n) is 2.59. The van der Waals surface area contributed by atoms with Gasteiger partial charge >= 0.3 is 35.5 Å². The fourth-order valence-corrected chi connectivity index (χ4v) is 0.953.